The summed E-state index contributed by atoms with van der Waals surface area (Å²) in [4.78, 5) is 26.5. The van der Waals surface area contributed by atoms with Crippen LogP contribution in [0.15, 0.2) is 16.6 Å². The highest BCUT2D eigenvalue weighted by atomic mass is 79.9. The molecule has 0 unspecified atom stereocenters. The number of carbonyl (C=O) groups is 2. The second-order valence-corrected chi connectivity index (χ2v) is 9.09. The molecule has 0 radical (unpaired) electrons. The number of nitrogens with one attached hydrogen (secondary N) is 1. The maximum atomic E-state index is 12.5. The summed E-state index contributed by atoms with van der Waals surface area (Å²) in [6.07, 6.45) is 2.89. The number of piperidine rings is 2. The number of hydrogen-bond acceptors (Lipinski definition) is 4. The molecule has 5 nitrogen and oxygen atoms in total. The molecule has 0 bridgehead atoms. The highest BCUT2D eigenvalue weighted by Crippen LogP contribution is 2.35. The third kappa shape index (κ3) is 4.46. The Morgan fingerprint density at radius 1 is 1.19 bits per heavy atom. The van der Waals surface area contributed by atoms with E-state index in [-0.39, 0.29) is 29.9 Å². The first-order chi connectivity index (χ1) is 12.2. The smallest absolute Gasteiger partial charge is 0.230 e. The predicted molar refractivity (Wildman–Crippen MR) is 104 cm³/mol. The first-order valence-electron chi connectivity index (χ1n) is 9.25. The van der Waals surface area contributed by atoms with E-state index in [1.54, 1.807) is 0 Å². The monoisotopic (exact) mass is 422 g/mol. The maximum Gasteiger partial charge on any atom is 0.230 e. The van der Waals surface area contributed by atoms with Crippen molar-refractivity contribution in [1.82, 2.24) is 10.2 Å². The van der Waals surface area contributed by atoms with Crippen LogP contribution in [0.4, 0.5) is 0 Å². The first kappa shape index (κ1) is 19.4. The van der Waals surface area contributed by atoms with E-state index in [1.807, 2.05) is 32.9 Å². The van der Waals surface area contributed by atoms with Gasteiger partial charge < -0.3 is 10.1 Å². The molecular weight excluding hydrogens is 396 g/mol. The van der Waals surface area contributed by atoms with Gasteiger partial charge in [0, 0.05) is 22.9 Å². The highest BCUT2D eigenvalue weighted by molar-refractivity contribution is 9.10. The Kier molecular flexibility index (Phi) is 5.72. The zero-order valence-corrected chi connectivity index (χ0v) is 17.3. The summed E-state index contributed by atoms with van der Waals surface area (Å²) in [6.45, 7) is 8.12. The molecule has 1 aromatic rings. The van der Waals surface area contributed by atoms with Crippen molar-refractivity contribution in [3.05, 3.63) is 27.7 Å². The Labute approximate surface area is 163 Å². The van der Waals surface area contributed by atoms with Crippen LogP contribution in [-0.2, 0) is 16.1 Å². The Hall–Kier alpha value is -1.40. The lowest BCUT2D eigenvalue weighted by molar-refractivity contribution is -0.153. The molecule has 2 amide bonds. The van der Waals surface area contributed by atoms with Crippen LogP contribution in [0, 0.1) is 12.3 Å². The van der Waals surface area contributed by atoms with Gasteiger partial charge in [0.05, 0.1) is 6.54 Å². The van der Waals surface area contributed by atoms with Crippen molar-refractivity contribution >= 4 is 27.7 Å². The van der Waals surface area contributed by atoms with Gasteiger partial charge in [0.1, 0.15) is 11.9 Å². The van der Waals surface area contributed by atoms with Gasteiger partial charge in [0.2, 0.25) is 11.8 Å². The van der Waals surface area contributed by atoms with Crippen molar-refractivity contribution < 1.29 is 14.3 Å². The second-order valence-electron chi connectivity index (χ2n) is 8.17. The molecule has 142 valence electrons. The summed E-state index contributed by atoms with van der Waals surface area (Å²) >= 11 is 3.53. The molecule has 2 heterocycles. The standard InChI is InChI=1S/C20H27BrN2O3/c1-13-8-15(21)9-14(19(13)26-16-4-6-22-7-5-16)12-23-17(24)10-20(2,3)11-18(23)25/h8-9,16,22H,4-7,10-12H2,1-3H3. The van der Waals surface area contributed by atoms with Crippen molar-refractivity contribution in [2.75, 3.05) is 13.1 Å². The van der Waals surface area contributed by atoms with Crippen LogP contribution in [0.25, 0.3) is 0 Å². The Morgan fingerprint density at radius 2 is 1.81 bits per heavy atom. The van der Waals surface area contributed by atoms with Gasteiger partial charge in [0.15, 0.2) is 0 Å². The lowest BCUT2D eigenvalue weighted by Gasteiger charge is -2.35. The van der Waals surface area contributed by atoms with Crippen LogP contribution in [0.1, 0.15) is 50.7 Å². The van der Waals surface area contributed by atoms with Crippen LogP contribution in [-0.4, -0.2) is 35.9 Å². The maximum absolute atomic E-state index is 12.5. The van der Waals surface area contributed by atoms with Gasteiger partial charge >= 0.3 is 0 Å². The number of halogens is 1. The summed E-state index contributed by atoms with van der Waals surface area (Å²) in [5.41, 5.74) is 1.65. The number of aryl methyl sites for hydroxylation is 1. The quantitative estimate of drug-likeness (QED) is 0.753. The number of hydrogen-bond donors (Lipinski definition) is 1. The van der Waals surface area contributed by atoms with Gasteiger partial charge in [0.25, 0.3) is 0 Å². The summed E-state index contributed by atoms with van der Waals surface area (Å²) < 4.78 is 7.25. The topological polar surface area (TPSA) is 58.6 Å². The van der Waals surface area contributed by atoms with Gasteiger partial charge in [-0.3, -0.25) is 14.5 Å². The summed E-state index contributed by atoms with van der Waals surface area (Å²) in [7, 11) is 0. The Bertz CT molecular complexity index is 691. The molecule has 0 aromatic heterocycles. The fourth-order valence-electron chi connectivity index (χ4n) is 3.72. The lowest BCUT2D eigenvalue weighted by atomic mass is 9.81. The van der Waals surface area contributed by atoms with Crippen LogP contribution in [0.2, 0.25) is 0 Å². The van der Waals surface area contributed by atoms with Crippen molar-refractivity contribution in [3.63, 3.8) is 0 Å². The summed E-state index contributed by atoms with van der Waals surface area (Å²) in [5, 5.41) is 3.34. The Balaban J connectivity index is 1.84. The average molecular weight is 423 g/mol. The third-order valence-electron chi connectivity index (χ3n) is 5.08. The number of rotatable bonds is 4. The van der Waals surface area contributed by atoms with E-state index in [4.69, 9.17) is 4.74 Å². The minimum atomic E-state index is -0.258. The van der Waals surface area contributed by atoms with Crippen LogP contribution >= 0.6 is 15.9 Å². The van der Waals surface area contributed by atoms with Crippen LogP contribution in [0.3, 0.4) is 0 Å². The largest absolute Gasteiger partial charge is 0.490 e. The summed E-state index contributed by atoms with van der Waals surface area (Å²) in [5.74, 6) is 0.610. The van der Waals surface area contributed by atoms with Gasteiger partial charge in [-0.05, 0) is 56.0 Å². The van der Waals surface area contributed by atoms with Gasteiger partial charge in [-0.1, -0.05) is 29.8 Å². The summed E-state index contributed by atoms with van der Waals surface area (Å²) in [6, 6.07) is 3.98. The number of likely N-dealkylation sites (tertiary alicyclic amines) is 1. The molecule has 2 aliphatic rings. The van der Waals surface area contributed by atoms with Gasteiger partial charge in [-0.2, -0.15) is 0 Å². The zero-order chi connectivity index (χ0) is 18.9. The lowest BCUT2D eigenvalue weighted by Crippen LogP contribution is -2.45. The number of imide groups is 1. The first-order valence-corrected chi connectivity index (χ1v) is 10.0. The molecular formula is C20H27BrN2O3. The molecule has 0 atom stereocenters. The fourth-order valence-corrected chi connectivity index (χ4v) is 4.34. The van der Waals surface area contributed by atoms with Gasteiger partial charge in [-0.15, -0.1) is 0 Å². The molecule has 1 aromatic carbocycles. The number of carbonyl (C=O) groups excluding carboxylic acids is 2. The number of amides is 2. The minimum Gasteiger partial charge on any atom is -0.490 e. The SMILES string of the molecule is Cc1cc(Br)cc(CN2C(=O)CC(C)(C)CC2=O)c1OC1CCNCC1. The van der Waals surface area contributed by atoms with E-state index in [0.29, 0.717) is 12.8 Å². The second kappa shape index (κ2) is 7.69. The number of benzene rings is 1. The molecule has 0 aliphatic carbocycles. The van der Waals surface area contributed by atoms with Crippen LogP contribution < -0.4 is 10.1 Å². The molecule has 6 heteroatoms. The predicted octanol–water partition coefficient (Wildman–Crippen LogP) is 3.56. The van der Waals surface area contributed by atoms with E-state index >= 15 is 0 Å². The average Bonchev–Trinajstić information content (AvgIpc) is 2.54. The van der Waals surface area contributed by atoms with E-state index < -0.39 is 0 Å². The van der Waals surface area contributed by atoms with Crippen molar-refractivity contribution in [3.8, 4) is 5.75 Å². The van der Waals surface area contributed by atoms with Crippen LogP contribution in [0.5, 0.6) is 5.75 Å². The number of ether oxygens (including phenoxy) is 1. The molecule has 1 N–H and O–H groups in total. The molecule has 0 saturated carbocycles. The third-order valence-corrected chi connectivity index (χ3v) is 5.53. The molecule has 2 aliphatic heterocycles. The van der Waals surface area contributed by atoms with E-state index in [0.717, 1.165) is 47.3 Å². The molecule has 26 heavy (non-hydrogen) atoms. The number of nitrogens with zero attached hydrogens (tertiary/aromatic N) is 1. The highest BCUT2D eigenvalue weighted by Gasteiger charge is 2.37. The fraction of sp³-hybridized carbons (Fsp3) is 0.600. The molecule has 3 rings (SSSR count). The molecule has 2 saturated heterocycles. The molecule has 0 spiro atoms. The van der Waals surface area contributed by atoms with E-state index in [9.17, 15) is 9.59 Å². The van der Waals surface area contributed by atoms with Crippen molar-refractivity contribution in [2.24, 2.45) is 5.41 Å². The van der Waals surface area contributed by atoms with E-state index in [2.05, 4.69) is 21.2 Å². The molecule has 2 fully saturated rings. The van der Waals surface area contributed by atoms with Crippen molar-refractivity contribution in [1.29, 1.82) is 0 Å². The van der Waals surface area contributed by atoms with E-state index in [1.165, 1.54) is 4.90 Å². The van der Waals surface area contributed by atoms with Crippen molar-refractivity contribution in [2.45, 2.75) is 59.1 Å². The van der Waals surface area contributed by atoms with Gasteiger partial charge in [-0.25, -0.2) is 0 Å². The zero-order valence-electron chi connectivity index (χ0n) is 15.7. The Morgan fingerprint density at radius 3 is 2.42 bits per heavy atom. The minimum absolute atomic E-state index is 0.100. The normalized spacial score (nSPS) is 21.2.